The summed E-state index contributed by atoms with van der Waals surface area (Å²) in [6.45, 7) is 0.142. The predicted molar refractivity (Wildman–Crippen MR) is 83.0 cm³/mol. The van der Waals surface area contributed by atoms with E-state index >= 15 is 0 Å². The highest BCUT2D eigenvalue weighted by molar-refractivity contribution is 7.07. The van der Waals surface area contributed by atoms with Gasteiger partial charge in [-0.2, -0.15) is 16.4 Å². The maximum atomic E-state index is 12.3. The summed E-state index contributed by atoms with van der Waals surface area (Å²) in [5, 5.41) is 20.6. The normalized spacial score (nSPS) is 12.0. The lowest BCUT2D eigenvalue weighted by Gasteiger charge is -2.12. The molecule has 0 aliphatic rings. The van der Waals surface area contributed by atoms with Crippen molar-refractivity contribution in [3.63, 3.8) is 0 Å². The molecule has 3 aromatic heterocycles. The van der Waals surface area contributed by atoms with Crippen LogP contribution >= 0.6 is 11.3 Å². The fourth-order valence-corrected chi connectivity index (χ4v) is 2.72. The summed E-state index contributed by atoms with van der Waals surface area (Å²) in [6.07, 6.45) is 4.23. The third kappa shape index (κ3) is 3.05. The molecular formula is C15H14N4O2S. The van der Waals surface area contributed by atoms with Crippen molar-refractivity contribution in [3.8, 4) is 5.82 Å². The Morgan fingerprint density at radius 1 is 1.36 bits per heavy atom. The summed E-state index contributed by atoms with van der Waals surface area (Å²) in [7, 11) is 0. The Morgan fingerprint density at radius 2 is 2.27 bits per heavy atom. The number of carbonyl (C=O) groups is 1. The second-order valence-electron chi connectivity index (χ2n) is 4.61. The molecule has 3 rings (SSSR count). The monoisotopic (exact) mass is 314 g/mol. The standard InChI is InChI=1S/C15H14N4O2S/c20-13(11-4-8-22-10-11)9-17-15(21)12-3-1-5-16-14(12)19-7-2-6-18-19/h1-8,10,13,20H,9H2,(H,17,21)/t13-/m0/s1. The van der Waals surface area contributed by atoms with E-state index in [4.69, 9.17) is 0 Å². The number of nitrogens with one attached hydrogen (secondary N) is 1. The van der Waals surface area contributed by atoms with E-state index in [2.05, 4.69) is 15.4 Å². The van der Waals surface area contributed by atoms with Crippen molar-refractivity contribution in [3.05, 3.63) is 64.7 Å². The van der Waals surface area contributed by atoms with Crippen LogP contribution in [0, 0.1) is 0 Å². The Kier molecular flexibility index (Phi) is 4.27. The minimum absolute atomic E-state index is 0.142. The van der Waals surface area contributed by atoms with Crippen LogP contribution in [-0.2, 0) is 0 Å². The zero-order valence-electron chi connectivity index (χ0n) is 11.6. The van der Waals surface area contributed by atoms with Crippen molar-refractivity contribution in [1.29, 1.82) is 0 Å². The minimum atomic E-state index is -0.722. The highest BCUT2D eigenvalue weighted by Crippen LogP contribution is 2.16. The van der Waals surface area contributed by atoms with Crippen molar-refractivity contribution in [2.75, 3.05) is 6.54 Å². The quantitative estimate of drug-likeness (QED) is 0.752. The highest BCUT2D eigenvalue weighted by Gasteiger charge is 2.15. The van der Waals surface area contributed by atoms with E-state index < -0.39 is 6.10 Å². The van der Waals surface area contributed by atoms with Gasteiger partial charge in [0.05, 0.1) is 11.7 Å². The largest absolute Gasteiger partial charge is 0.387 e. The van der Waals surface area contributed by atoms with Gasteiger partial charge in [-0.3, -0.25) is 4.79 Å². The molecule has 0 unspecified atom stereocenters. The van der Waals surface area contributed by atoms with E-state index in [0.29, 0.717) is 11.4 Å². The molecule has 1 atom stereocenters. The molecule has 0 fully saturated rings. The summed E-state index contributed by atoms with van der Waals surface area (Å²) in [4.78, 5) is 16.5. The van der Waals surface area contributed by atoms with Crippen LogP contribution < -0.4 is 5.32 Å². The Labute approximate surface area is 131 Å². The number of aliphatic hydroxyl groups excluding tert-OH is 1. The minimum Gasteiger partial charge on any atom is -0.387 e. The van der Waals surface area contributed by atoms with Gasteiger partial charge in [-0.25, -0.2) is 9.67 Å². The second-order valence-corrected chi connectivity index (χ2v) is 5.39. The first-order chi connectivity index (χ1) is 10.8. The second kappa shape index (κ2) is 6.50. The fourth-order valence-electron chi connectivity index (χ4n) is 2.02. The highest BCUT2D eigenvalue weighted by atomic mass is 32.1. The first kappa shape index (κ1) is 14.4. The SMILES string of the molecule is O=C(NC[C@H](O)c1ccsc1)c1cccnc1-n1cccn1. The first-order valence-electron chi connectivity index (χ1n) is 6.69. The van der Waals surface area contributed by atoms with Gasteiger partial charge < -0.3 is 10.4 Å². The number of aliphatic hydroxyl groups is 1. The van der Waals surface area contributed by atoms with Crippen LogP contribution in [0.4, 0.5) is 0 Å². The van der Waals surface area contributed by atoms with Crippen molar-refractivity contribution >= 4 is 17.2 Å². The first-order valence-corrected chi connectivity index (χ1v) is 7.63. The fraction of sp³-hybridized carbons (Fsp3) is 0.133. The summed E-state index contributed by atoms with van der Waals surface area (Å²) >= 11 is 1.50. The van der Waals surface area contributed by atoms with Crippen LogP contribution in [-0.4, -0.2) is 32.3 Å². The van der Waals surface area contributed by atoms with Crippen LogP contribution in [0.1, 0.15) is 22.0 Å². The predicted octanol–water partition coefficient (Wildman–Crippen LogP) is 1.79. The summed E-state index contributed by atoms with van der Waals surface area (Å²) < 4.78 is 1.53. The molecule has 112 valence electrons. The molecule has 0 radical (unpaired) electrons. The molecule has 0 aliphatic carbocycles. The van der Waals surface area contributed by atoms with E-state index in [9.17, 15) is 9.90 Å². The number of amides is 1. The van der Waals surface area contributed by atoms with E-state index in [1.807, 2.05) is 16.8 Å². The van der Waals surface area contributed by atoms with E-state index in [-0.39, 0.29) is 12.5 Å². The Bertz CT molecular complexity index is 741. The molecule has 2 N–H and O–H groups in total. The van der Waals surface area contributed by atoms with Crippen LogP contribution in [0.5, 0.6) is 0 Å². The third-order valence-corrected chi connectivity index (χ3v) is 3.84. The number of thiophene rings is 1. The molecule has 0 saturated carbocycles. The lowest BCUT2D eigenvalue weighted by Crippen LogP contribution is -2.29. The van der Waals surface area contributed by atoms with Gasteiger partial charge in [0, 0.05) is 25.1 Å². The van der Waals surface area contributed by atoms with E-state index in [1.54, 1.807) is 36.8 Å². The summed E-state index contributed by atoms with van der Waals surface area (Å²) in [6, 6.07) is 6.96. The molecule has 7 heteroatoms. The molecule has 6 nitrogen and oxygen atoms in total. The molecule has 0 spiro atoms. The lowest BCUT2D eigenvalue weighted by atomic mass is 10.2. The number of hydrogen-bond donors (Lipinski definition) is 2. The molecule has 0 aromatic carbocycles. The number of hydrogen-bond acceptors (Lipinski definition) is 5. The molecule has 3 aromatic rings. The summed E-state index contributed by atoms with van der Waals surface area (Å²) in [5.41, 5.74) is 1.20. The van der Waals surface area contributed by atoms with Crippen LogP contribution in [0.25, 0.3) is 5.82 Å². The lowest BCUT2D eigenvalue weighted by molar-refractivity contribution is 0.0916. The Balaban J connectivity index is 1.73. The Hall–Kier alpha value is -2.51. The molecule has 0 bridgehead atoms. The summed E-state index contributed by atoms with van der Waals surface area (Å²) in [5.74, 6) is 0.155. The van der Waals surface area contributed by atoms with Crippen molar-refractivity contribution in [1.82, 2.24) is 20.1 Å². The average molecular weight is 314 g/mol. The number of pyridine rings is 1. The number of carbonyl (C=O) groups excluding carboxylic acids is 1. The number of nitrogens with zero attached hydrogens (tertiary/aromatic N) is 3. The molecular weight excluding hydrogens is 300 g/mol. The maximum Gasteiger partial charge on any atom is 0.255 e. The maximum absolute atomic E-state index is 12.3. The molecule has 0 aliphatic heterocycles. The number of rotatable bonds is 5. The average Bonchev–Trinajstić information content (AvgIpc) is 3.24. The van der Waals surface area contributed by atoms with Crippen LogP contribution in [0.2, 0.25) is 0 Å². The molecule has 22 heavy (non-hydrogen) atoms. The van der Waals surface area contributed by atoms with Gasteiger partial charge >= 0.3 is 0 Å². The zero-order valence-corrected chi connectivity index (χ0v) is 12.4. The topological polar surface area (TPSA) is 80.0 Å². The van der Waals surface area contributed by atoms with Gasteiger partial charge in [0.1, 0.15) is 0 Å². The van der Waals surface area contributed by atoms with Gasteiger partial charge in [-0.05, 0) is 40.6 Å². The van der Waals surface area contributed by atoms with Crippen LogP contribution in [0.15, 0.2) is 53.6 Å². The zero-order chi connectivity index (χ0) is 15.4. The van der Waals surface area contributed by atoms with Gasteiger partial charge in [-0.15, -0.1) is 0 Å². The van der Waals surface area contributed by atoms with Gasteiger partial charge in [0.15, 0.2) is 5.82 Å². The van der Waals surface area contributed by atoms with Gasteiger partial charge in [0.25, 0.3) is 5.91 Å². The van der Waals surface area contributed by atoms with Gasteiger partial charge in [-0.1, -0.05) is 0 Å². The van der Waals surface area contributed by atoms with Crippen LogP contribution in [0.3, 0.4) is 0 Å². The Morgan fingerprint density at radius 3 is 3.00 bits per heavy atom. The number of aromatic nitrogens is 3. The smallest absolute Gasteiger partial charge is 0.255 e. The molecule has 3 heterocycles. The van der Waals surface area contributed by atoms with E-state index in [0.717, 1.165) is 5.56 Å². The van der Waals surface area contributed by atoms with E-state index in [1.165, 1.54) is 16.0 Å². The molecule has 0 saturated heterocycles. The van der Waals surface area contributed by atoms with Crippen molar-refractivity contribution < 1.29 is 9.90 Å². The molecule has 1 amide bonds. The third-order valence-electron chi connectivity index (χ3n) is 3.14. The van der Waals surface area contributed by atoms with Crippen molar-refractivity contribution in [2.24, 2.45) is 0 Å². The van der Waals surface area contributed by atoms with Gasteiger partial charge in [0.2, 0.25) is 0 Å². The van der Waals surface area contributed by atoms with Crippen molar-refractivity contribution in [2.45, 2.75) is 6.10 Å².